The maximum atomic E-state index is 12.1. The molecule has 2 aromatic rings. The number of phenolic OH excluding ortho intramolecular Hbond substituents is 1. The van der Waals surface area contributed by atoms with Gasteiger partial charge in [-0.15, -0.1) is 0 Å². The number of carbonyl (C=O) groups excluding carboxylic acids is 1. The number of hydrogen-bond donors (Lipinski definition) is 2. The van der Waals surface area contributed by atoms with E-state index in [4.69, 9.17) is 0 Å². The highest BCUT2D eigenvalue weighted by Crippen LogP contribution is 2.27. The Labute approximate surface area is 124 Å². The van der Waals surface area contributed by atoms with Crippen molar-refractivity contribution in [2.75, 3.05) is 0 Å². The smallest absolute Gasteiger partial charge is 0.223 e. The van der Waals surface area contributed by atoms with E-state index in [1.165, 1.54) is 6.42 Å². The van der Waals surface area contributed by atoms with Gasteiger partial charge >= 0.3 is 0 Å². The molecule has 1 fully saturated rings. The Bertz CT molecular complexity index is 648. The van der Waals surface area contributed by atoms with Gasteiger partial charge in [-0.05, 0) is 18.9 Å². The van der Waals surface area contributed by atoms with Crippen molar-refractivity contribution in [3.63, 3.8) is 0 Å². The van der Waals surface area contributed by atoms with E-state index >= 15 is 0 Å². The number of nitrogens with one attached hydrogen (secondary N) is 1. The van der Waals surface area contributed by atoms with E-state index in [-0.39, 0.29) is 17.6 Å². The lowest BCUT2D eigenvalue weighted by atomic mass is 9.88. The molecule has 110 valence electrons. The number of hydrogen-bond acceptors (Lipinski definition) is 3. The molecule has 1 saturated carbocycles. The molecule has 0 unspecified atom stereocenters. The summed E-state index contributed by atoms with van der Waals surface area (Å²) in [7, 11) is 0. The fourth-order valence-electron chi connectivity index (χ4n) is 3.01. The summed E-state index contributed by atoms with van der Waals surface area (Å²) < 4.78 is 0. The molecule has 1 aromatic carbocycles. The Kier molecular flexibility index (Phi) is 4.04. The molecule has 0 radical (unpaired) electrons. The first-order chi connectivity index (χ1) is 10.3. The highest BCUT2D eigenvalue weighted by atomic mass is 16.3. The van der Waals surface area contributed by atoms with Crippen LogP contribution >= 0.6 is 0 Å². The van der Waals surface area contributed by atoms with Crippen molar-refractivity contribution in [1.29, 1.82) is 0 Å². The van der Waals surface area contributed by atoms with Crippen molar-refractivity contribution >= 4 is 16.8 Å². The summed E-state index contributed by atoms with van der Waals surface area (Å²) >= 11 is 0. The highest BCUT2D eigenvalue weighted by Gasteiger charge is 2.21. The first kappa shape index (κ1) is 13.9. The van der Waals surface area contributed by atoms with Gasteiger partial charge in [0.2, 0.25) is 5.91 Å². The predicted octanol–water partition coefficient (Wildman–Crippen LogP) is 3.14. The molecule has 1 heterocycles. The number of nitrogens with zero attached hydrogens (tertiary/aromatic N) is 1. The lowest BCUT2D eigenvalue weighted by Crippen LogP contribution is -2.31. The summed E-state index contributed by atoms with van der Waals surface area (Å²) in [5, 5.41) is 14.1. The Morgan fingerprint density at radius 1 is 1.24 bits per heavy atom. The molecule has 4 nitrogen and oxygen atoms in total. The first-order valence-corrected chi connectivity index (χ1v) is 7.59. The first-order valence-electron chi connectivity index (χ1n) is 7.59. The molecule has 0 bridgehead atoms. The second kappa shape index (κ2) is 6.12. The van der Waals surface area contributed by atoms with Crippen LogP contribution in [0.5, 0.6) is 5.75 Å². The van der Waals surface area contributed by atoms with Gasteiger partial charge in [0.05, 0.1) is 0 Å². The zero-order valence-corrected chi connectivity index (χ0v) is 12.0. The fraction of sp³-hybridized carbons (Fsp3) is 0.412. The topological polar surface area (TPSA) is 62.2 Å². The van der Waals surface area contributed by atoms with E-state index in [2.05, 4.69) is 10.3 Å². The lowest BCUT2D eigenvalue weighted by molar-refractivity contribution is -0.126. The molecular weight excluding hydrogens is 264 g/mol. The summed E-state index contributed by atoms with van der Waals surface area (Å²) in [6.45, 7) is 0.355. The fourth-order valence-corrected chi connectivity index (χ4v) is 3.01. The van der Waals surface area contributed by atoms with Gasteiger partial charge in [0.15, 0.2) is 0 Å². The standard InChI is InChI=1S/C17H20N2O2/c20-16-14(9-8-12-7-4-10-18-15(12)16)11-19-17(21)13-5-2-1-3-6-13/h4,7-10,13,20H,1-3,5-6,11H2,(H,19,21). The average Bonchev–Trinajstić information content (AvgIpc) is 2.55. The van der Waals surface area contributed by atoms with E-state index < -0.39 is 0 Å². The van der Waals surface area contributed by atoms with Crippen LogP contribution in [-0.4, -0.2) is 16.0 Å². The monoisotopic (exact) mass is 284 g/mol. The number of phenols is 1. The van der Waals surface area contributed by atoms with Crippen LogP contribution in [0.2, 0.25) is 0 Å². The van der Waals surface area contributed by atoms with Gasteiger partial charge in [-0.2, -0.15) is 0 Å². The third kappa shape index (κ3) is 2.99. The maximum Gasteiger partial charge on any atom is 0.223 e. The molecular formula is C17H20N2O2. The predicted molar refractivity (Wildman–Crippen MR) is 81.8 cm³/mol. The van der Waals surface area contributed by atoms with Gasteiger partial charge < -0.3 is 10.4 Å². The molecule has 4 heteroatoms. The molecule has 0 saturated heterocycles. The molecule has 1 aromatic heterocycles. The quantitative estimate of drug-likeness (QED) is 0.910. The van der Waals surface area contributed by atoms with Gasteiger partial charge in [0, 0.05) is 29.6 Å². The van der Waals surface area contributed by atoms with Gasteiger partial charge in [-0.3, -0.25) is 9.78 Å². The Hall–Kier alpha value is -2.10. The van der Waals surface area contributed by atoms with Crippen LogP contribution in [0.1, 0.15) is 37.7 Å². The zero-order chi connectivity index (χ0) is 14.7. The van der Waals surface area contributed by atoms with Gasteiger partial charge in [0.1, 0.15) is 11.3 Å². The minimum absolute atomic E-state index is 0.107. The number of amides is 1. The maximum absolute atomic E-state index is 12.1. The van der Waals surface area contributed by atoms with Crippen LogP contribution in [0.25, 0.3) is 10.9 Å². The molecule has 0 spiro atoms. The van der Waals surface area contributed by atoms with Crippen LogP contribution < -0.4 is 5.32 Å². The average molecular weight is 284 g/mol. The zero-order valence-electron chi connectivity index (χ0n) is 12.0. The van der Waals surface area contributed by atoms with Gasteiger partial charge in [0.25, 0.3) is 0 Å². The van der Waals surface area contributed by atoms with Crippen molar-refractivity contribution in [1.82, 2.24) is 10.3 Å². The number of pyridine rings is 1. The molecule has 3 rings (SSSR count). The summed E-state index contributed by atoms with van der Waals surface area (Å²) in [4.78, 5) is 16.3. The second-order valence-electron chi connectivity index (χ2n) is 5.70. The Morgan fingerprint density at radius 2 is 2.05 bits per heavy atom. The van der Waals surface area contributed by atoms with E-state index in [0.717, 1.165) is 31.1 Å². The van der Waals surface area contributed by atoms with E-state index in [1.54, 1.807) is 6.20 Å². The number of rotatable bonds is 3. The summed E-state index contributed by atoms with van der Waals surface area (Å²) in [5.41, 5.74) is 1.30. The van der Waals surface area contributed by atoms with Crippen LogP contribution in [0, 0.1) is 5.92 Å². The number of carbonyl (C=O) groups is 1. The molecule has 0 aliphatic heterocycles. The molecule has 1 aliphatic rings. The van der Waals surface area contributed by atoms with Gasteiger partial charge in [-0.1, -0.05) is 37.5 Å². The Morgan fingerprint density at radius 3 is 2.86 bits per heavy atom. The van der Waals surface area contributed by atoms with Crippen molar-refractivity contribution in [3.8, 4) is 5.75 Å². The normalized spacial score (nSPS) is 16.0. The summed E-state index contributed by atoms with van der Waals surface area (Å²) in [6.07, 6.45) is 7.15. The van der Waals surface area contributed by atoms with E-state index in [1.807, 2.05) is 24.3 Å². The van der Waals surface area contributed by atoms with E-state index in [9.17, 15) is 9.90 Å². The number of aromatic nitrogens is 1. The van der Waals surface area contributed by atoms with Crippen molar-refractivity contribution in [2.45, 2.75) is 38.6 Å². The highest BCUT2D eigenvalue weighted by molar-refractivity contribution is 5.85. The van der Waals surface area contributed by atoms with Crippen LogP contribution in [0.3, 0.4) is 0 Å². The minimum atomic E-state index is 0.107. The minimum Gasteiger partial charge on any atom is -0.505 e. The summed E-state index contributed by atoms with van der Waals surface area (Å²) in [5.74, 6) is 0.409. The molecule has 0 atom stereocenters. The third-order valence-electron chi connectivity index (χ3n) is 4.26. The lowest BCUT2D eigenvalue weighted by Gasteiger charge is -2.20. The third-order valence-corrected chi connectivity index (χ3v) is 4.26. The van der Waals surface area contributed by atoms with Gasteiger partial charge in [-0.25, -0.2) is 0 Å². The second-order valence-corrected chi connectivity index (χ2v) is 5.70. The van der Waals surface area contributed by atoms with Crippen LogP contribution in [0.15, 0.2) is 30.5 Å². The Balaban J connectivity index is 1.70. The van der Waals surface area contributed by atoms with Crippen LogP contribution in [0.4, 0.5) is 0 Å². The molecule has 2 N–H and O–H groups in total. The van der Waals surface area contributed by atoms with Crippen molar-refractivity contribution in [2.24, 2.45) is 5.92 Å². The SMILES string of the molecule is O=C(NCc1ccc2cccnc2c1O)C1CCCCC1. The largest absolute Gasteiger partial charge is 0.505 e. The molecule has 1 aliphatic carbocycles. The van der Waals surface area contributed by atoms with Crippen molar-refractivity contribution in [3.05, 3.63) is 36.0 Å². The molecule has 1 amide bonds. The van der Waals surface area contributed by atoms with Crippen LogP contribution in [-0.2, 0) is 11.3 Å². The number of aromatic hydroxyl groups is 1. The van der Waals surface area contributed by atoms with Crippen molar-refractivity contribution < 1.29 is 9.90 Å². The summed E-state index contributed by atoms with van der Waals surface area (Å²) in [6, 6.07) is 7.52. The number of fused-ring (bicyclic) bond motifs is 1. The number of benzene rings is 1. The van der Waals surface area contributed by atoms with E-state index in [0.29, 0.717) is 17.6 Å². The molecule has 21 heavy (non-hydrogen) atoms.